The maximum absolute atomic E-state index is 12.7. The second kappa shape index (κ2) is 7.96. The minimum absolute atomic E-state index is 0.103. The predicted octanol–water partition coefficient (Wildman–Crippen LogP) is 2.75. The van der Waals surface area contributed by atoms with Gasteiger partial charge in [-0.05, 0) is 49.2 Å². The van der Waals surface area contributed by atoms with Crippen molar-refractivity contribution in [2.75, 3.05) is 18.4 Å². The van der Waals surface area contributed by atoms with Gasteiger partial charge in [-0.25, -0.2) is 8.42 Å². The van der Waals surface area contributed by atoms with Crippen LogP contribution < -0.4 is 5.32 Å². The van der Waals surface area contributed by atoms with Crippen LogP contribution in [0, 0.1) is 0 Å². The number of carbonyl (C=O) groups is 2. The van der Waals surface area contributed by atoms with Gasteiger partial charge in [-0.15, -0.1) is 0 Å². The number of rotatable bonds is 6. The molecule has 0 unspecified atom stereocenters. The minimum atomic E-state index is -3.75. The van der Waals surface area contributed by atoms with Crippen LogP contribution in [0.4, 0.5) is 5.69 Å². The van der Waals surface area contributed by atoms with E-state index >= 15 is 0 Å². The maximum Gasteiger partial charge on any atom is 0.323 e. The third-order valence-electron chi connectivity index (χ3n) is 5.05. The van der Waals surface area contributed by atoms with Gasteiger partial charge in [-0.3, -0.25) is 9.59 Å². The molecule has 1 aliphatic rings. The maximum atomic E-state index is 12.7. The monoisotopic (exact) mass is 431 g/mol. The summed E-state index contributed by atoms with van der Waals surface area (Å²) in [6.07, 6.45) is 4.28. The van der Waals surface area contributed by atoms with Crippen LogP contribution >= 0.6 is 0 Å². The number of piperidine rings is 1. The minimum Gasteiger partial charge on any atom is -0.480 e. The Morgan fingerprint density at radius 1 is 1.07 bits per heavy atom. The summed E-state index contributed by atoms with van der Waals surface area (Å²) in [5.74, 6) is -1.62. The second-order valence-electron chi connectivity index (χ2n) is 7.15. The molecule has 30 heavy (non-hydrogen) atoms. The SMILES string of the molecule is O=C(O)Cn1ccc2cc(NC(=O)c3ccc(S(=O)(=O)N4CCCCC4)o3)ccc21. The van der Waals surface area contributed by atoms with Crippen LogP contribution in [0.1, 0.15) is 29.8 Å². The molecule has 0 saturated carbocycles. The number of aliphatic carboxylic acids is 1. The molecule has 4 rings (SSSR count). The summed E-state index contributed by atoms with van der Waals surface area (Å²) in [6, 6.07) is 9.46. The first kappa shape index (κ1) is 20.2. The summed E-state index contributed by atoms with van der Waals surface area (Å²) < 4.78 is 33.7. The van der Waals surface area contributed by atoms with Gasteiger partial charge < -0.3 is 19.4 Å². The van der Waals surface area contributed by atoms with Gasteiger partial charge in [0.15, 0.2) is 5.76 Å². The number of benzene rings is 1. The Morgan fingerprint density at radius 2 is 1.83 bits per heavy atom. The number of nitrogens with one attached hydrogen (secondary N) is 1. The summed E-state index contributed by atoms with van der Waals surface area (Å²) in [5, 5.41) is 12.2. The molecule has 1 aliphatic heterocycles. The normalized spacial score (nSPS) is 15.3. The largest absolute Gasteiger partial charge is 0.480 e. The number of amides is 1. The number of hydrogen-bond donors (Lipinski definition) is 2. The van der Waals surface area contributed by atoms with E-state index in [1.165, 1.54) is 16.4 Å². The van der Waals surface area contributed by atoms with Crippen LogP contribution in [0.3, 0.4) is 0 Å². The van der Waals surface area contributed by atoms with Crippen molar-refractivity contribution in [1.29, 1.82) is 0 Å². The van der Waals surface area contributed by atoms with Crippen molar-refractivity contribution in [2.24, 2.45) is 0 Å². The van der Waals surface area contributed by atoms with Gasteiger partial charge in [0.25, 0.3) is 15.9 Å². The fourth-order valence-electron chi connectivity index (χ4n) is 3.57. The van der Waals surface area contributed by atoms with Gasteiger partial charge in [-0.2, -0.15) is 4.31 Å². The predicted molar refractivity (Wildman–Crippen MR) is 109 cm³/mol. The van der Waals surface area contributed by atoms with E-state index in [1.54, 1.807) is 35.0 Å². The van der Waals surface area contributed by atoms with E-state index in [1.807, 2.05) is 0 Å². The van der Waals surface area contributed by atoms with Crippen LogP contribution in [-0.4, -0.2) is 47.4 Å². The van der Waals surface area contributed by atoms with Crippen molar-refractivity contribution in [2.45, 2.75) is 30.9 Å². The molecule has 0 atom stereocenters. The van der Waals surface area contributed by atoms with Gasteiger partial charge in [0.1, 0.15) is 6.54 Å². The van der Waals surface area contributed by atoms with Crippen LogP contribution in [0.15, 0.2) is 52.1 Å². The average molecular weight is 431 g/mol. The quantitative estimate of drug-likeness (QED) is 0.619. The molecule has 9 nitrogen and oxygen atoms in total. The highest BCUT2D eigenvalue weighted by Crippen LogP contribution is 2.24. The highest BCUT2D eigenvalue weighted by atomic mass is 32.2. The zero-order valence-corrected chi connectivity index (χ0v) is 16.9. The molecule has 10 heteroatoms. The molecular formula is C20H21N3O6S. The third-order valence-corrected chi connectivity index (χ3v) is 6.82. The van der Waals surface area contributed by atoms with E-state index in [2.05, 4.69) is 5.32 Å². The summed E-state index contributed by atoms with van der Waals surface area (Å²) in [4.78, 5) is 23.4. The number of hydrogen-bond acceptors (Lipinski definition) is 5. The lowest BCUT2D eigenvalue weighted by atomic mass is 10.2. The van der Waals surface area contributed by atoms with Gasteiger partial charge in [0.05, 0.1) is 0 Å². The summed E-state index contributed by atoms with van der Waals surface area (Å²) in [6.45, 7) is 0.744. The van der Waals surface area contributed by atoms with Gasteiger partial charge in [0, 0.05) is 35.9 Å². The Balaban J connectivity index is 1.50. The van der Waals surface area contributed by atoms with Crippen LogP contribution in [-0.2, 0) is 21.4 Å². The van der Waals surface area contributed by atoms with Gasteiger partial charge >= 0.3 is 5.97 Å². The molecule has 0 aliphatic carbocycles. The van der Waals surface area contributed by atoms with Crippen molar-refractivity contribution >= 4 is 38.5 Å². The number of nitrogens with zero attached hydrogens (tertiary/aromatic N) is 2. The van der Waals surface area contributed by atoms with Crippen molar-refractivity contribution < 1.29 is 27.5 Å². The van der Waals surface area contributed by atoms with E-state index in [9.17, 15) is 18.0 Å². The smallest absolute Gasteiger partial charge is 0.323 e. The summed E-state index contributed by atoms with van der Waals surface area (Å²) >= 11 is 0. The first-order chi connectivity index (χ1) is 14.3. The lowest BCUT2D eigenvalue weighted by Crippen LogP contribution is -2.35. The van der Waals surface area contributed by atoms with Crippen LogP contribution in [0.5, 0.6) is 0 Å². The molecule has 1 amide bonds. The molecule has 0 bridgehead atoms. The lowest BCUT2D eigenvalue weighted by molar-refractivity contribution is -0.137. The molecule has 1 aromatic carbocycles. The number of sulfonamides is 1. The fourth-order valence-corrected chi connectivity index (χ4v) is 5.00. The first-order valence-electron chi connectivity index (χ1n) is 9.56. The van der Waals surface area contributed by atoms with E-state index < -0.39 is 21.9 Å². The topological polar surface area (TPSA) is 122 Å². The summed E-state index contributed by atoms with van der Waals surface area (Å²) in [5.41, 5.74) is 1.21. The number of aromatic nitrogens is 1. The van der Waals surface area contributed by atoms with E-state index in [4.69, 9.17) is 9.52 Å². The Morgan fingerprint density at radius 3 is 2.57 bits per heavy atom. The average Bonchev–Trinajstić information content (AvgIpc) is 3.36. The van der Waals surface area contributed by atoms with E-state index in [0.717, 1.165) is 30.2 Å². The number of carbonyl (C=O) groups excluding carboxylic acids is 1. The summed E-state index contributed by atoms with van der Waals surface area (Å²) in [7, 11) is -3.75. The van der Waals surface area contributed by atoms with Crippen LogP contribution in [0.2, 0.25) is 0 Å². The zero-order valence-electron chi connectivity index (χ0n) is 16.1. The van der Waals surface area contributed by atoms with E-state index in [-0.39, 0.29) is 17.4 Å². The van der Waals surface area contributed by atoms with Crippen molar-refractivity contribution in [3.8, 4) is 0 Å². The Labute approximate surface area is 172 Å². The molecule has 158 valence electrons. The molecule has 3 aromatic rings. The lowest BCUT2D eigenvalue weighted by Gasteiger charge is -2.24. The second-order valence-corrected chi connectivity index (χ2v) is 9.02. The molecule has 0 radical (unpaired) electrons. The molecular weight excluding hydrogens is 410 g/mol. The number of carboxylic acid groups (broad SMARTS) is 1. The van der Waals surface area contributed by atoms with Crippen molar-refractivity contribution in [1.82, 2.24) is 8.87 Å². The zero-order chi connectivity index (χ0) is 21.3. The highest BCUT2D eigenvalue weighted by Gasteiger charge is 2.29. The number of anilines is 1. The molecule has 0 spiro atoms. The highest BCUT2D eigenvalue weighted by molar-refractivity contribution is 7.89. The molecule has 1 fully saturated rings. The van der Waals surface area contributed by atoms with Crippen LogP contribution in [0.25, 0.3) is 10.9 Å². The molecule has 1 saturated heterocycles. The standard InChI is InChI=1S/C20H21N3O6S/c24-18(25)13-22-11-8-14-12-15(4-5-16(14)22)21-20(26)17-6-7-19(29-17)30(27,28)23-9-2-1-3-10-23/h4-8,11-12H,1-3,9-10,13H2,(H,21,26)(H,24,25). The van der Waals surface area contributed by atoms with Gasteiger partial charge in [-0.1, -0.05) is 6.42 Å². The number of carboxylic acids is 1. The first-order valence-corrected chi connectivity index (χ1v) is 11.0. The Hall–Kier alpha value is -3.11. The molecule has 2 aromatic heterocycles. The van der Waals surface area contributed by atoms with Gasteiger partial charge in [0.2, 0.25) is 5.09 Å². The number of fused-ring (bicyclic) bond motifs is 1. The van der Waals surface area contributed by atoms with Crippen molar-refractivity contribution in [3.05, 3.63) is 48.4 Å². The van der Waals surface area contributed by atoms with E-state index in [0.29, 0.717) is 18.8 Å². The number of furan rings is 1. The molecule has 2 N–H and O–H groups in total. The third kappa shape index (κ3) is 3.96. The van der Waals surface area contributed by atoms with Crippen molar-refractivity contribution in [3.63, 3.8) is 0 Å². The Bertz CT molecular complexity index is 1200. The molecule has 3 heterocycles. The fraction of sp³-hybridized carbons (Fsp3) is 0.300. The Kier molecular flexibility index (Phi) is 5.35.